The van der Waals surface area contributed by atoms with Crippen molar-refractivity contribution >= 4 is 5.91 Å². The van der Waals surface area contributed by atoms with Crippen LogP contribution >= 0.6 is 0 Å². The fraction of sp³-hybridized carbons (Fsp3) is 0.714. The van der Waals surface area contributed by atoms with Crippen molar-refractivity contribution in [3.63, 3.8) is 0 Å². The summed E-state index contributed by atoms with van der Waals surface area (Å²) < 4.78 is 5.03. The molecule has 4 nitrogen and oxygen atoms in total. The van der Waals surface area contributed by atoms with E-state index in [4.69, 9.17) is 9.84 Å². The molecule has 0 aromatic rings. The van der Waals surface area contributed by atoms with Crippen LogP contribution in [0.5, 0.6) is 0 Å². The lowest BCUT2D eigenvalue weighted by atomic mass is 10.3. The SMILES string of the molecule is [CH2][C@H](O)C(=O)N1CCOCC1. The molecule has 1 heterocycles. The van der Waals surface area contributed by atoms with Gasteiger partial charge in [0.05, 0.1) is 13.2 Å². The van der Waals surface area contributed by atoms with Crippen LogP contribution in [0.3, 0.4) is 0 Å². The van der Waals surface area contributed by atoms with Crippen molar-refractivity contribution in [2.24, 2.45) is 0 Å². The third kappa shape index (κ3) is 2.17. The van der Waals surface area contributed by atoms with Gasteiger partial charge < -0.3 is 14.7 Å². The number of aliphatic hydroxyl groups is 1. The fourth-order valence-corrected chi connectivity index (χ4v) is 0.994. The van der Waals surface area contributed by atoms with Crippen molar-refractivity contribution in [3.05, 3.63) is 6.92 Å². The van der Waals surface area contributed by atoms with Gasteiger partial charge in [-0.3, -0.25) is 4.79 Å². The molecule has 0 bridgehead atoms. The van der Waals surface area contributed by atoms with Crippen LogP contribution in [0.1, 0.15) is 0 Å². The molecular weight excluding hydrogens is 146 g/mol. The third-order valence-electron chi connectivity index (χ3n) is 1.61. The molecule has 63 valence electrons. The monoisotopic (exact) mass is 158 g/mol. The molecule has 0 unspecified atom stereocenters. The van der Waals surface area contributed by atoms with Gasteiger partial charge in [0.25, 0.3) is 5.91 Å². The number of aliphatic hydroxyl groups excluding tert-OH is 1. The normalized spacial score (nSPS) is 21.5. The summed E-state index contributed by atoms with van der Waals surface area (Å²) in [6, 6.07) is 0. The second kappa shape index (κ2) is 3.69. The molecule has 11 heavy (non-hydrogen) atoms. The molecule has 0 aromatic carbocycles. The zero-order valence-electron chi connectivity index (χ0n) is 6.32. The minimum Gasteiger partial charge on any atom is -0.383 e. The zero-order valence-corrected chi connectivity index (χ0v) is 6.32. The number of rotatable bonds is 1. The average molecular weight is 158 g/mol. The lowest BCUT2D eigenvalue weighted by Crippen LogP contribution is -2.44. The Balaban J connectivity index is 2.39. The van der Waals surface area contributed by atoms with Crippen molar-refractivity contribution in [2.75, 3.05) is 26.3 Å². The molecule has 0 saturated carbocycles. The van der Waals surface area contributed by atoms with E-state index in [2.05, 4.69) is 6.92 Å². The van der Waals surface area contributed by atoms with E-state index in [0.717, 1.165) is 0 Å². The fourth-order valence-electron chi connectivity index (χ4n) is 0.994. The van der Waals surface area contributed by atoms with Crippen LogP contribution in [-0.4, -0.2) is 48.3 Å². The Morgan fingerprint density at radius 1 is 1.55 bits per heavy atom. The van der Waals surface area contributed by atoms with Gasteiger partial charge in [0.2, 0.25) is 0 Å². The van der Waals surface area contributed by atoms with Crippen molar-refractivity contribution < 1.29 is 14.6 Å². The number of morpholine rings is 1. The first-order valence-electron chi connectivity index (χ1n) is 3.59. The summed E-state index contributed by atoms with van der Waals surface area (Å²) >= 11 is 0. The molecule has 1 saturated heterocycles. The summed E-state index contributed by atoms with van der Waals surface area (Å²) in [4.78, 5) is 12.6. The molecular formula is C7H12NO3. The van der Waals surface area contributed by atoms with E-state index in [1.807, 2.05) is 0 Å². The van der Waals surface area contributed by atoms with Crippen LogP contribution in [0.15, 0.2) is 0 Å². The molecule has 1 N–H and O–H groups in total. The highest BCUT2D eigenvalue weighted by Crippen LogP contribution is 1.99. The Morgan fingerprint density at radius 3 is 2.55 bits per heavy atom. The number of hydrogen-bond donors (Lipinski definition) is 1. The molecule has 1 fully saturated rings. The highest BCUT2D eigenvalue weighted by Gasteiger charge is 2.20. The minimum atomic E-state index is -1.13. The highest BCUT2D eigenvalue weighted by molar-refractivity contribution is 5.81. The number of ether oxygens (including phenoxy) is 1. The van der Waals surface area contributed by atoms with E-state index in [1.54, 1.807) is 4.90 Å². The van der Waals surface area contributed by atoms with E-state index < -0.39 is 6.10 Å². The Morgan fingerprint density at radius 2 is 2.09 bits per heavy atom. The lowest BCUT2D eigenvalue weighted by Gasteiger charge is -2.27. The predicted molar refractivity (Wildman–Crippen MR) is 38.8 cm³/mol. The van der Waals surface area contributed by atoms with Gasteiger partial charge in [-0.15, -0.1) is 0 Å². The summed E-state index contributed by atoms with van der Waals surface area (Å²) in [6.45, 7) is 5.47. The van der Waals surface area contributed by atoms with Crippen molar-refractivity contribution in [1.82, 2.24) is 4.90 Å². The Labute approximate surface area is 65.8 Å². The molecule has 1 aliphatic rings. The predicted octanol–water partition coefficient (Wildman–Crippen LogP) is -0.960. The number of carbonyl (C=O) groups is 1. The first-order valence-corrected chi connectivity index (χ1v) is 3.59. The molecule has 1 radical (unpaired) electrons. The first-order chi connectivity index (χ1) is 5.22. The van der Waals surface area contributed by atoms with E-state index in [-0.39, 0.29) is 5.91 Å². The summed E-state index contributed by atoms with van der Waals surface area (Å²) in [5, 5.41) is 8.83. The number of carbonyl (C=O) groups excluding carboxylic acids is 1. The maximum absolute atomic E-state index is 11.1. The summed E-state index contributed by atoms with van der Waals surface area (Å²) in [6.07, 6.45) is -1.13. The maximum atomic E-state index is 11.1. The highest BCUT2D eigenvalue weighted by atomic mass is 16.5. The van der Waals surface area contributed by atoms with Gasteiger partial charge in [-0.05, 0) is 6.92 Å². The van der Waals surface area contributed by atoms with Crippen molar-refractivity contribution in [1.29, 1.82) is 0 Å². The largest absolute Gasteiger partial charge is 0.383 e. The molecule has 1 aliphatic heterocycles. The van der Waals surface area contributed by atoms with Gasteiger partial charge >= 0.3 is 0 Å². The Bertz CT molecular complexity index is 141. The van der Waals surface area contributed by atoms with E-state index in [1.165, 1.54) is 0 Å². The third-order valence-corrected chi connectivity index (χ3v) is 1.61. The molecule has 0 aliphatic carbocycles. The first kappa shape index (κ1) is 8.49. The summed E-state index contributed by atoms with van der Waals surface area (Å²) in [5.41, 5.74) is 0. The van der Waals surface area contributed by atoms with Gasteiger partial charge in [-0.25, -0.2) is 0 Å². The van der Waals surface area contributed by atoms with Crippen LogP contribution in [-0.2, 0) is 9.53 Å². The van der Waals surface area contributed by atoms with Crippen LogP contribution in [0.2, 0.25) is 0 Å². The standard InChI is InChI=1S/C7H12NO3/c1-6(9)7(10)8-2-4-11-5-3-8/h6,9H,1-5H2/t6-/m0/s1. The van der Waals surface area contributed by atoms with Crippen LogP contribution < -0.4 is 0 Å². The molecule has 0 spiro atoms. The number of nitrogens with zero attached hydrogens (tertiary/aromatic N) is 1. The second-order valence-electron chi connectivity index (χ2n) is 2.45. The van der Waals surface area contributed by atoms with Gasteiger partial charge in [-0.1, -0.05) is 0 Å². The van der Waals surface area contributed by atoms with Gasteiger partial charge in [-0.2, -0.15) is 0 Å². The van der Waals surface area contributed by atoms with Gasteiger partial charge in [0.1, 0.15) is 6.10 Å². The Kier molecular flexibility index (Phi) is 2.84. The van der Waals surface area contributed by atoms with E-state index in [0.29, 0.717) is 26.3 Å². The van der Waals surface area contributed by atoms with Crippen LogP contribution in [0.4, 0.5) is 0 Å². The number of hydrogen-bond acceptors (Lipinski definition) is 3. The molecule has 1 rings (SSSR count). The summed E-state index contributed by atoms with van der Waals surface area (Å²) in [5.74, 6) is -0.312. The molecule has 0 aromatic heterocycles. The van der Waals surface area contributed by atoms with Crippen LogP contribution in [0.25, 0.3) is 0 Å². The Hall–Kier alpha value is -0.610. The van der Waals surface area contributed by atoms with Crippen LogP contribution in [0, 0.1) is 6.92 Å². The van der Waals surface area contributed by atoms with Crippen molar-refractivity contribution in [2.45, 2.75) is 6.10 Å². The smallest absolute Gasteiger partial charge is 0.251 e. The summed E-state index contributed by atoms with van der Waals surface area (Å²) in [7, 11) is 0. The average Bonchev–Trinajstić information content (AvgIpc) is 2.05. The topological polar surface area (TPSA) is 49.8 Å². The molecule has 1 amide bonds. The molecule has 4 heteroatoms. The van der Waals surface area contributed by atoms with E-state index in [9.17, 15) is 4.79 Å². The quantitative estimate of drug-likeness (QED) is 0.534. The number of amides is 1. The van der Waals surface area contributed by atoms with Crippen molar-refractivity contribution in [3.8, 4) is 0 Å². The minimum absolute atomic E-state index is 0.312. The van der Waals surface area contributed by atoms with Gasteiger partial charge in [0, 0.05) is 13.1 Å². The van der Waals surface area contributed by atoms with E-state index >= 15 is 0 Å². The lowest BCUT2D eigenvalue weighted by molar-refractivity contribution is -0.142. The van der Waals surface area contributed by atoms with Gasteiger partial charge in [0.15, 0.2) is 0 Å². The zero-order chi connectivity index (χ0) is 8.27. The molecule has 1 atom stereocenters. The second-order valence-corrected chi connectivity index (χ2v) is 2.45. The maximum Gasteiger partial charge on any atom is 0.251 e.